The van der Waals surface area contributed by atoms with Crippen molar-refractivity contribution in [1.29, 1.82) is 0 Å². The van der Waals surface area contributed by atoms with Crippen molar-refractivity contribution < 1.29 is 18.8 Å². The molecule has 8 heteroatoms. The molecule has 1 aromatic carbocycles. The van der Waals surface area contributed by atoms with E-state index in [-0.39, 0.29) is 41.0 Å². The average Bonchev–Trinajstić information content (AvgIpc) is 2.64. The number of carbonyl (C=O) groups excluding carboxylic acids is 3. The van der Waals surface area contributed by atoms with Gasteiger partial charge in [0.2, 0.25) is 11.8 Å². The van der Waals surface area contributed by atoms with Gasteiger partial charge in [-0.2, -0.15) is 0 Å². The molecule has 0 spiro atoms. The zero-order valence-electron chi connectivity index (χ0n) is 15.8. The van der Waals surface area contributed by atoms with E-state index in [1.54, 1.807) is 9.80 Å². The highest BCUT2D eigenvalue weighted by molar-refractivity contribution is 6.33. The van der Waals surface area contributed by atoms with Crippen LogP contribution in [0.2, 0.25) is 5.02 Å². The molecule has 1 aliphatic heterocycles. The molecular formula is C19H25ClFN3O3. The Balaban J connectivity index is 2.06. The minimum Gasteiger partial charge on any atom is -0.343 e. The minimum atomic E-state index is -0.736. The highest BCUT2D eigenvalue weighted by Crippen LogP contribution is 2.21. The molecule has 0 unspecified atom stereocenters. The highest BCUT2D eigenvalue weighted by Gasteiger charge is 2.35. The lowest BCUT2D eigenvalue weighted by Gasteiger charge is -2.46. The SMILES string of the molecule is CC[C@H]1CN(C(=O)CNC(=O)c2c(F)cccc2Cl)[C@H](CC)CN1C(C)=O. The summed E-state index contributed by atoms with van der Waals surface area (Å²) in [7, 11) is 0. The zero-order valence-corrected chi connectivity index (χ0v) is 16.6. The third kappa shape index (κ3) is 4.77. The third-order valence-corrected chi connectivity index (χ3v) is 5.27. The van der Waals surface area contributed by atoms with Gasteiger partial charge in [0.25, 0.3) is 5.91 Å². The number of carbonyl (C=O) groups is 3. The molecule has 148 valence electrons. The monoisotopic (exact) mass is 397 g/mol. The Hall–Kier alpha value is -2.15. The lowest BCUT2D eigenvalue weighted by atomic mass is 10.0. The molecule has 1 fully saturated rings. The van der Waals surface area contributed by atoms with Gasteiger partial charge < -0.3 is 15.1 Å². The molecule has 0 radical (unpaired) electrons. The maximum Gasteiger partial charge on any atom is 0.256 e. The van der Waals surface area contributed by atoms with E-state index < -0.39 is 11.7 Å². The Morgan fingerprint density at radius 3 is 2.30 bits per heavy atom. The fraction of sp³-hybridized carbons (Fsp3) is 0.526. The molecule has 0 saturated carbocycles. The van der Waals surface area contributed by atoms with Crippen LogP contribution in [0.4, 0.5) is 4.39 Å². The van der Waals surface area contributed by atoms with Crippen LogP contribution < -0.4 is 5.32 Å². The van der Waals surface area contributed by atoms with Crippen molar-refractivity contribution in [3.63, 3.8) is 0 Å². The summed E-state index contributed by atoms with van der Waals surface area (Å²) in [6.07, 6.45) is 1.43. The van der Waals surface area contributed by atoms with E-state index in [1.807, 2.05) is 13.8 Å². The average molecular weight is 398 g/mol. The van der Waals surface area contributed by atoms with Gasteiger partial charge >= 0.3 is 0 Å². The number of hydrogen-bond donors (Lipinski definition) is 1. The van der Waals surface area contributed by atoms with Gasteiger partial charge in [0, 0.05) is 32.1 Å². The molecule has 3 amide bonds. The Morgan fingerprint density at radius 2 is 1.74 bits per heavy atom. The first-order valence-corrected chi connectivity index (χ1v) is 9.46. The number of hydrogen-bond acceptors (Lipinski definition) is 3. The van der Waals surface area contributed by atoms with Crippen LogP contribution in [0.25, 0.3) is 0 Å². The van der Waals surface area contributed by atoms with Crippen LogP contribution in [0.15, 0.2) is 18.2 Å². The van der Waals surface area contributed by atoms with E-state index >= 15 is 0 Å². The number of piperazine rings is 1. The fourth-order valence-electron chi connectivity index (χ4n) is 3.40. The van der Waals surface area contributed by atoms with Gasteiger partial charge in [0.05, 0.1) is 17.1 Å². The summed E-state index contributed by atoms with van der Waals surface area (Å²) in [6.45, 7) is 6.10. The van der Waals surface area contributed by atoms with Gasteiger partial charge in [-0.25, -0.2) is 4.39 Å². The van der Waals surface area contributed by atoms with E-state index in [0.29, 0.717) is 19.5 Å². The van der Waals surface area contributed by atoms with E-state index in [0.717, 1.165) is 12.5 Å². The first-order chi connectivity index (χ1) is 12.8. The molecule has 0 aromatic heterocycles. The van der Waals surface area contributed by atoms with Crippen molar-refractivity contribution in [2.45, 2.75) is 45.7 Å². The minimum absolute atomic E-state index is 0.00473. The predicted molar refractivity (Wildman–Crippen MR) is 101 cm³/mol. The fourth-order valence-corrected chi connectivity index (χ4v) is 3.65. The molecule has 1 saturated heterocycles. The van der Waals surface area contributed by atoms with Gasteiger partial charge in [-0.15, -0.1) is 0 Å². The number of halogens is 2. The summed E-state index contributed by atoms with van der Waals surface area (Å²) in [5, 5.41) is 2.45. The molecule has 1 N–H and O–H groups in total. The maximum atomic E-state index is 13.8. The first kappa shape index (κ1) is 21.2. The molecule has 2 atom stereocenters. The normalized spacial score (nSPS) is 19.7. The second-order valence-electron chi connectivity index (χ2n) is 6.62. The van der Waals surface area contributed by atoms with E-state index in [1.165, 1.54) is 19.1 Å². The van der Waals surface area contributed by atoms with Crippen molar-refractivity contribution in [3.8, 4) is 0 Å². The van der Waals surface area contributed by atoms with Crippen LogP contribution >= 0.6 is 11.6 Å². The number of nitrogens with zero attached hydrogens (tertiary/aromatic N) is 2. The largest absolute Gasteiger partial charge is 0.343 e. The van der Waals surface area contributed by atoms with Gasteiger partial charge in [-0.05, 0) is 25.0 Å². The van der Waals surface area contributed by atoms with Crippen LogP contribution in [-0.2, 0) is 9.59 Å². The molecule has 1 aromatic rings. The quantitative estimate of drug-likeness (QED) is 0.829. The molecule has 6 nitrogen and oxygen atoms in total. The topological polar surface area (TPSA) is 69.7 Å². The number of benzene rings is 1. The highest BCUT2D eigenvalue weighted by atomic mass is 35.5. The molecule has 2 rings (SSSR count). The zero-order chi connectivity index (χ0) is 20.1. The summed E-state index contributed by atoms with van der Waals surface area (Å²) >= 11 is 5.88. The van der Waals surface area contributed by atoms with Crippen LogP contribution in [0.1, 0.15) is 44.0 Å². The molecule has 27 heavy (non-hydrogen) atoms. The van der Waals surface area contributed by atoms with Gasteiger partial charge in [-0.3, -0.25) is 14.4 Å². The van der Waals surface area contributed by atoms with Crippen LogP contribution in [-0.4, -0.2) is 59.2 Å². The second-order valence-corrected chi connectivity index (χ2v) is 7.03. The lowest BCUT2D eigenvalue weighted by molar-refractivity contribution is -0.145. The van der Waals surface area contributed by atoms with E-state index in [9.17, 15) is 18.8 Å². The number of amides is 3. The van der Waals surface area contributed by atoms with Gasteiger partial charge in [0.1, 0.15) is 5.82 Å². The van der Waals surface area contributed by atoms with Crippen molar-refractivity contribution in [2.24, 2.45) is 0 Å². The van der Waals surface area contributed by atoms with Gasteiger partial charge in [-0.1, -0.05) is 31.5 Å². The second kappa shape index (κ2) is 9.17. The van der Waals surface area contributed by atoms with Crippen molar-refractivity contribution in [1.82, 2.24) is 15.1 Å². The molecule has 1 aliphatic rings. The van der Waals surface area contributed by atoms with E-state index in [2.05, 4.69) is 5.32 Å². The summed E-state index contributed by atoms with van der Waals surface area (Å²) < 4.78 is 13.8. The maximum absolute atomic E-state index is 13.8. The predicted octanol–water partition coefficient (Wildman–Crippen LogP) is 2.46. The third-order valence-electron chi connectivity index (χ3n) is 4.95. The smallest absolute Gasteiger partial charge is 0.256 e. The van der Waals surface area contributed by atoms with Gasteiger partial charge in [0.15, 0.2) is 0 Å². The molecule has 1 heterocycles. The van der Waals surface area contributed by atoms with E-state index in [4.69, 9.17) is 11.6 Å². The lowest BCUT2D eigenvalue weighted by Crippen LogP contribution is -2.61. The van der Waals surface area contributed by atoms with Crippen LogP contribution in [0, 0.1) is 5.82 Å². The molecule has 0 bridgehead atoms. The number of nitrogens with one attached hydrogen (secondary N) is 1. The number of rotatable bonds is 5. The van der Waals surface area contributed by atoms with Crippen molar-refractivity contribution in [3.05, 3.63) is 34.6 Å². The first-order valence-electron chi connectivity index (χ1n) is 9.08. The Labute approximate surface area is 163 Å². The Bertz CT molecular complexity index is 708. The summed E-state index contributed by atoms with van der Waals surface area (Å²) in [5.41, 5.74) is -0.271. The molecule has 0 aliphatic carbocycles. The Morgan fingerprint density at radius 1 is 1.15 bits per heavy atom. The standard InChI is InChI=1S/C19H25ClFN3O3/c1-4-13-11-24(14(5-2)10-23(13)12(3)25)17(26)9-22-19(27)18-15(20)7-6-8-16(18)21/h6-8,13-14H,4-5,9-11H2,1-3H3,(H,22,27)/t13-,14+/m0/s1. The van der Waals surface area contributed by atoms with Crippen molar-refractivity contribution >= 4 is 29.3 Å². The summed E-state index contributed by atoms with van der Waals surface area (Å²) in [5.74, 6) is -1.73. The molecular weight excluding hydrogens is 373 g/mol. The summed E-state index contributed by atoms with van der Waals surface area (Å²) in [4.78, 5) is 40.3. The van der Waals surface area contributed by atoms with Crippen molar-refractivity contribution in [2.75, 3.05) is 19.6 Å². The van der Waals surface area contributed by atoms with Crippen LogP contribution in [0.5, 0.6) is 0 Å². The Kier molecular flexibility index (Phi) is 7.18. The van der Waals surface area contributed by atoms with Crippen LogP contribution in [0.3, 0.4) is 0 Å². The summed E-state index contributed by atoms with van der Waals surface area (Å²) in [6, 6.07) is 3.80.